The third kappa shape index (κ3) is 1.95. The van der Waals surface area contributed by atoms with Crippen LogP contribution in [0.2, 0.25) is 0 Å². The van der Waals surface area contributed by atoms with Crippen LogP contribution in [0.1, 0.15) is 17.3 Å². The number of rotatable bonds is 2. The first-order chi connectivity index (χ1) is 7.20. The molecule has 0 aromatic heterocycles. The maximum absolute atomic E-state index is 11.3. The summed E-state index contributed by atoms with van der Waals surface area (Å²) in [5.74, 6) is 0.131. The van der Waals surface area contributed by atoms with Gasteiger partial charge in [0.1, 0.15) is 5.78 Å². The standard InChI is InChI=1S/C13H11BrO/c1-9(15)13(14)12-8-4-6-10-5-2-3-7-11(10)12/h2-8,13H,1H3. The van der Waals surface area contributed by atoms with E-state index in [0.717, 1.165) is 10.9 Å². The van der Waals surface area contributed by atoms with Gasteiger partial charge in [-0.15, -0.1) is 0 Å². The highest BCUT2D eigenvalue weighted by Crippen LogP contribution is 2.30. The van der Waals surface area contributed by atoms with Gasteiger partial charge in [-0.05, 0) is 23.3 Å². The van der Waals surface area contributed by atoms with E-state index in [1.54, 1.807) is 6.92 Å². The number of ketones is 1. The van der Waals surface area contributed by atoms with Gasteiger partial charge in [0.15, 0.2) is 0 Å². The number of hydrogen-bond donors (Lipinski definition) is 0. The molecular weight excluding hydrogens is 252 g/mol. The number of halogens is 1. The number of alkyl halides is 1. The summed E-state index contributed by atoms with van der Waals surface area (Å²) in [5, 5.41) is 2.30. The summed E-state index contributed by atoms with van der Waals surface area (Å²) < 4.78 is 0. The van der Waals surface area contributed by atoms with E-state index >= 15 is 0 Å². The van der Waals surface area contributed by atoms with Gasteiger partial charge in [-0.25, -0.2) is 0 Å². The predicted molar refractivity (Wildman–Crippen MR) is 66.3 cm³/mol. The number of Topliss-reactive ketones (excluding diaryl/α,β-unsaturated/α-hetero) is 1. The van der Waals surface area contributed by atoms with Crippen molar-refractivity contribution >= 4 is 32.5 Å². The van der Waals surface area contributed by atoms with Crippen molar-refractivity contribution < 1.29 is 4.79 Å². The van der Waals surface area contributed by atoms with E-state index in [-0.39, 0.29) is 10.6 Å². The highest BCUT2D eigenvalue weighted by Gasteiger charge is 2.14. The summed E-state index contributed by atoms with van der Waals surface area (Å²) in [6, 6.07) is 14.1. The van der Waals surface area contributed by atoms with Gasteiger partial charge in [0, 0.05) is 0 Å². The largest absolute Gasteiger partial charge is 0.298 e. The van der Waals surface area contributed by atoms with Crippen molar-refractivity contribution in [1.29, 1.82) is 0 Å². The molecule has 76 valence electrons. The van der Waals surface area contributed by atoms with Crippen LogP contribution in [-0.4, -0.2) is 5.78 Å². The molecule has 0 spiro atoms. The van der Waals surface area contributed by atoms with Crippen molar-refractivity contribution in [3.8, 4) is 0 Å². The van der Waals surface area contributed by atoms with Gasteiger partial charge in [-0.1, -0.05) is 58.4 Å². The second kappa shape index (κ2) is 4.15. The molecule has 1 nitrogen and oxygen atoms in total. The molecule has 1 unspecified atom stereocenters. The van der Waals surface area contributed by atoms with Crippen LogP contribution in [0.5, 0.6) is 0 Å². The first-order valence-electron chi connectivity index (χ1n) is 4.82. The Kier molecular flexibility index (Phi) is 2.87. The van der Waals surface area contributed by atoms with Crippen LogP contribution >= 0.6 is 15.9 Å². The third-order valence-corrected chi connectivity index (χ3v) is 3.59. The molecule has 0 radical (unpaired) electrons. The second-order valence-electron chi connectivity index (χ2n) is 3.54. The maximum Gasteiger partial charge on any atom is 0.147 e. The zero-order valence-electron chi connectivity index (χ0n) is 8.41. The Morgan fingerprint density at radius 3 is 2.53 bits per heavy atom. The van der Waals surface area contributed by atoms with Gasteiger partial charge >= 0.3 is 0 Å². The van der Waals surface area contributed by atoms with Crippen LogP contribution in [0, 0.1) is 0 Å². The van der Waals surface area contributed by atoms with E-state index in [9.17, 15) is 4.79 Å². The predicted octanol–water partition coefficient (Wildman–Crippen LogP) is 3.86. The minimum Gasteiger partial charge on any atom is -0.298 e. The quantitative estimate of drug-likeness (QED) is 0.752. The lowest BCUT2D eigenvalue weighted by Crippen LogP contribution is -2.01. The summed E-state index contributed by atoms with van der Waals surface area (Å²) in [5.41, 5.74) is 1.04. The maximum atomic E-state index is 11.3. The zero-order chi connectivity index (χ0) is 10.8. The van der Waals surface area contributed by atoms with Crippen LogP contribution in [0.15, 0.2) is 42.5 Å². The molecule has 0 aliphatic carbocycles. The van der Waals surface area contributed by atoms with Crippen LogP contribution in [0.25, 0.3) is 10.8 Å². The van der Waals surface area contributed by atoms with Crippen LogP contribution in [0.3, 0.4) is 0 Å². The van der Waals surface area contributed by atoms with Gasteiger partial charge in [-0.2, -0.15) is 0 Å². The molecule has 15 heavy (non-hydrogen) atoms. The highest BCUT2D eigenvalue weighted by molar-refractivity contribution is 9.09. The van der Waals surface area contributed by atoms with E-state index in [4.69, 9.17) is 0 Å². The van der Waals surface area contributed by atoms with E-state index < -0.39 is 0 Å². The number of carbonyl (C=O) groups excluding carboxylic acids is 1. The molecule has 2 aromatic rings. The molecule has 0 bridgehead atoms. The van der Waals surface area contributed by atoms with Crippen molar-refractivity contribution in [1.82, 2.24) is 0 Å². The fourth-order valence-electron chi connectivity index (χ4n) is 1.69. The first-order valence-corrected chi connectivity index (χ1v) is 5.74. The van der Waals surface area contributed by atoms with Gasteiger partial charge in [0.2, 0.25) is 0 Å². The van der Waals surface area contributed by atoms with E-state index in [1.807, 2.05) is 30.3 Å². The lowest BCUT2D eigenvalue weighted by molar-refractivity contribution is -0.116. The van der Waals surface area contributed by atoms with Crippen molar-refractivity contribution in [2.45, 2.75) is 11.8 Å². The fraction of sp³-hybridized carbons (Fsp3) is 0.154. The summed E-state index contributed by atoms with van der Waals surface area (Å²) in [7, 11) is 0. The Morgan fingerprint density at radius 1 is 1.13 bits per heavy atom. The van der Waals surface area contributed by atoms with Crippen LogP contribution in [-0.2, 0) is 4.79 Å². The lowest BCUT2D eigenvalue weighted by Gasteiger charge is -2.09. The van der Waals surface area contributed by atoms with Gasteiger partial charge < -0.3 is 0 Å². The van der Waals surface area contributed by atoms with E-state index in [2.05, 4.69) is 28.1 Å². The Hall–Kier alpha value is -1.15. The molecule has 0 saturated carbocycles. The normalized spacial score (nSPS) is 12.7. The summed E-state index contributed by atoms with van der Waals surface area (Å²) in [6.07, 6.45) is 0. The molecule has 0 amide bonds. The Balaban J connectivity index is 2.65. The van der Waals surface area contributed by atoms with Gasteiger partial charge in [0.25, 0.3) is 0 Å². The smallest absolute Gasteiger partial charge is 0.147 e. The molecule has 2 heteroatoms. The average molecular weight is 263 g/mol. The number of benzene rings is 2. The van der Waals surface area contributed by atoms with Gasteiger partial charge in [0.05, 0.1) is 4.83 Å². The van der Waals surface area contributed by atoms with Gasteiger partial charge in [-0.3, -0.25) is 4.79 Å². The second-order valence-corrected chi connectivity index (χ2v) is 4.46. The number of fused-ring (bicyclic) bond motifs is 1. The third-order valence-electron chi connectivity index (χ3n) is 2.45. The molecule has 0 aliphatic heterocycles. The summed E-state index contributed by atoms with van der Waals surface area (Å²) >= 11 is 3.42. The molecule has 2 rings (SSSR count). The number of carbonyl (C=O) groups is 1. The van der Waals surface area contributed by atoms with E-state index in [0.29, 0.717) is 0 Å². The monoisotopic (exact) mass is 262 g/mol. The minimum absolute atomic E-state index is 0.131. The molecular formula is C13H11BrO. The van der Waals surface area contributed by atoms with Crippen molar-refractivity contribution in [2.75, 3.05) is 0 Å². The summed E-state index contributed by atoms with van der Waals surface area (Å²) in [6.45, 7) is 1.60. The molecule has 0 fully saturated rings. The fourth-order valence-corrected chi connectivity index (χ4v) is 2.09. The molecule has 0 N–H and O–H groups in total. The Labute approximate surface area is 97.2 Å². The Morgan fingerprint density at radius 2 is 1.80 bits per heavy atom. The van der Waals surface area contributed by atoms with E-state index in [1.165, 1.54) is 5.39 Å². The van der Waals surface area contributed by atoms with Crippen LogP contribution < -0.4 is 0 Å². The molecule has 0 aliphatic rings. The molecule has 0 heterocycles. The minimum atomic E-state index is -0.205. The lowest BCUT2D eigenvalue weighted by atomic mass is 10.0. The average Bonchev–Trinajstić information content (AvgIpc) is 2.27. The Bertz CT molecular complexity index is 499. The van der Waals surface area contributed by atoms with Crippen molar-refractivity contribution in [2.24, 2.45) is 0 Å². The topological polar surface area (TPSA) is 17.1 Å². The van der Waals surface area contributed by atoms with Crippen molar-refractivity contribution in [3.05, 3.63) is 48.0 Å². The molecule has 0 saturated heterocycles. The highest BCUT2D eigenvalue weighted by atomic mass is 79.9. The van der Waals surface area contributed by atoms with Crippen molar-refractivity contribution in [3.63, 3.8) is 0 Å². The summed E-state index contributed by atoms with van der Waals surface area (Å²) in [4.78, 5) is 11.1. The molecule has 2 aromatic carbocycles. The zero-order valence-corrected chi connectivity index (χ0v) is 9.99. The molecule has 1 atom stereocenters. The number of hydrogen-bond acceptors (Lipinski definition) is 1. The SMILES string of the molecule is CC(=O)C(Br)c1cccc2ccccc12. The first kappa shape index (κ1) is 10.4. The van der Waals surface area contributed by atoms with Crippen LogP contribution in [0.4, 0.5) is 0 Å².